The van der Waals surface area contributed by atoms with Gasteiger partial charge >= 0.3 is 11.5 Å². The smallest absolute Gasteiger partial charge is 0.446 e. The first-order valence-electron chi connectivity index (χ1n) is 9.83. The highest BCUT2D eigenvalue weighted by molar-refractivity contribution is 8.00. The summed E-state index contributed by atoms with van der Waals surface area (Å²) in [5.41, 5.74) is -4.87. The van der Waals surface area contributed by atoms with Gasteiger partial charge in [-0.05, 0) is 61.2 Å². The van der Waals surface area contributed by atoms with E-state index >= 15 is 0 Å². The molecule has 1 aliphatic rings. The number of rotatable bonds is 6. The Morgan fingerprint density at radius 2 is 1.76 bits per heavy atom. The van der Waals surface area contributed by atoms with Crippen LogP contribution in [-0.4, -0.2) is 28.0 Å². The number of anilines is 1. The molecule has 2 heterocycles. The molecule has 3 amide bonds. The number of pyridine rings is 1. The maximum absolute atomic E-state index is 13.2. The minimum atomic E-state index is -4.43. The molecule has 1 N–H and O–H groups in total. The summed E-state index contributed by atoms with van der Waals surface area (Å²) < 4.78 is 43.6. The third-order valence-electron chi connectivity index (χ3n) is 4.97. The van der Waals surface area contributed by atoms with Crippen LogP contribution in [0.3, 0.4) is 0 Å². The number of thioether (sulfide) groups is 1. The van der Waals surface area contributed by atoms with Gasteiger partial charge in [0, 0.05) is 23.1 Å². The number of alkyl halides is 3. The predicted molar refractivity (Wildman–Crippen MR) is 117 cm³/mol. The Kier molecular flexibility index (Phi) is 6.03. The van der Waals surface area contributed by atoms with Gasteiger partial charge in [0.2, 0.25) is 0 Å². The van der Waals surface area contributed by atoms with Crippen molar-refractivity contribution < 1.29 is 27.5 Å². The molecular weight excluding hydrogens is 455 g/mol. The van der Waals surface area contributed by atoms with Gasteiger partial charge in [0.1, 0.15) is 17.0 Å². The van der Waals surface area contributed by atoms with Gasteiger partial charge in [0.25, 0.3) is 5.91 Å². The molecule has 0 aliphatic carbocycles. The average molecular weight is 473 g/mol. The van der Waals surface area contributed by atoms with E-state index in [9.17, 15) is 22.8 Å². The van der Waals surface area contributed by atoms with E-state index in [-0.39, 0.29) is 28.8 Å². The van der Waals surface area contributed by atoms with E-state index in [0.29, 0.717) is 17.1 Å². The van der Waals surface area contributed by atoms with Crippen LogP contribution >= 0.6 is 11.8 Å². The number of carbonyl (C=O) groups is 2. The van der Waals surface area contributed by atoms with Crippen molar-refractivity contribution in [2.24, 2.45) is 0 Å². The van der Waals surface area contributed by atoms with Gasteiger partial charge in [0.15, 0.2) is 0 Å². The average Bonchev–Trinajstić information content (AvgIpc) is 2.98. The van der Waals surface area contributed by atoms with Gasteiger partial charge in [-0.3, -0.25) is 9.78 Å². The molecule has 4 rings (SSSR count). The maximum atomic E-state index is 13.2. The quantitative estimate of drug-likeness (QED) is 0.376. The first kappa shape index (κ1) is 22.7. The van der Waals surface area contributed by atoms with E-state index in [4.69, 9.17) is 4.74 Å². The zero-order chi connectivity index (χ0) is 23.6. The van der Waals surface area contributed by atoms with Gasteiger partial charge in [-0.2, -0.15) is 13.2 Å². The van der Waals surface area contributed by atoms with Crippen LogP contribution in [0.5, 0.6) is 11.5 Å². The minimum absolute atomic E-state index is 0.0412. The molecule has 0 saturated carbocycles. The standard InChI is InChI=1S/C23H18F3N3O3S/c1-22(13-15-11-12-27-14-19(15)32-17-5-3-2-4-6-17)20(30)29(21(31)28-22)16-7-9-18(10-8-16)33-23(24,25)26/h2-12,14H,13H2,1H3,(H,28,31). The number of carbonyl (C=O) groups excluding carboxylic acids is 2. The summed E-state index contributed by atoms with van der Waals surface area (Å²) in [6, 6.07) is 15.2. The lowest BCUT2D eigenvalue weighted by Gasteiger charge is -2.23. The third-order valence-corrected chi connectivity index (χ3v) is 5.71. The largest absolute Gasteiger partial charge is 0.455 e. The van der Waals surface area contributed by atoms with Gasteiger partial charge in [-0.15, -0.1) is 0 Å². The molecule has 33 heavy (non-hydrogen) atoms. The number of ether oxygens (including phenoxy) is 1. The molecule has 3 aromatic rings. The Bertz CT molecular complexity index is 1170. The van der Waals surface area contributed by atoms with E-state index in [0.717, 1.165) is 4.90 Å². The Balaban J connectivity index is 1.55. The molecule has 0 spiro atoms. The number of hydrogen-bond donors (Lipinski definition) is 1. The Morgan fingerprint density at radius 3 is 2.42 bits per heavy atom. The third kappa shape index (κ3) is 5.11. The molecule has 170 valence electrons. The van der Waals surface area contributed by atoms with Crippen molar-refractivity contribution in [2.45, 2.75) is 29.3 Å². The highest BCUT2D eigenvalue weighted by Gasteiger charge is 2.48. The lowest BCUT2D eigenvalue weighted by molar-refractivity contribution is -0.121. The van der Waals surface area contributed by atoms with E-state index in [2.05, 4.69) is 10.3 Å². The fourth-order valence-corrected chi connectivity index (χ4v) is 4.02. The molecule has 10 heteroatoms. The predicted octanol–water partition coefficient (Wildman–Crippen LogP) is 5.54. The van der Waals surface area contributed by atoms with E-state index in [1.165, 1.54) is 30.5 Å². The molecule has 1 aliphatic heterocycles. The number of halogens is 3. The lowest BCUT2D eigenvalue weighted by Crippen LogP contribution is -2.46. The van der Waals surface area contributed by atoms with Crippen molar-refractivity contribution in [1.82, 2.24) is 10.3 Å². The first-order valence-corrected chi connectivity index (χ1v) is 10.6. The number of aromatic nitrogens is 1. The van der Waals surface area contributed by atoms with Crippen LogP contribution < -0.4 is 15.0 Å². The zero-order valence-corrected chi connectivity index (χ0v) is 18.1. The first-order chi connectivity index (χ1) is 15.6. The van der Waals surface area contributed by atoms with Crippen LogP contribution in [0.1, 0.15) is 12.5 Å². The number of nitrogens with zero attached hydrogens (tertiary/aromatic N) is 2. The highest BCUT2D eigenvalue weighted by atomic mass is 32.2. The fourth-order valence-electron chi connectivity index (χ4n) is 3.48. The van der Waals surface area contributed by atoms with Gasteiger partial charge < -0.3 is 10.1 Å². The summed E-state index contributed by atoms with van der Waals surface area (Å²) >= 11 is -0.266. The van der Waals surface area contributed by atoms with Crippen molar-refractivity contribution in [1.29, 1.82) is 0 Å². The number of imide groups is 1. The minimum Gasteiger partial charge on any atom is -0.455 e. The molecule has 2 aromatic carbocycles. The zero-order valence-electron chi connectivity index (χ0n) is 17.3. The van der Waals surface area contributed by atoms with E-state index < -0.39 is 23.0 Å². The van der Waals surface area contributed by atoms with Gasteiger partial charge in [-0.25, -0.2) is 9.69 Å². The number of para-hydroxylation sites is 1. The SMILES string of the molecule is CC1(Cc2ccncc2Oc2ccccc2)NC(=O)N(c2ccc(SC(F)(F)F)cc2)C1=O. The second kappa shape index (κ2) is 8.78. The summed E-state index contributed by atoms with van der Waals surface area (Å²) in [5, 5.41) is 2.70. The number of amides is 3. The van der Waals surface area contributed by atoms with Crippen LogP contribution in [0.4, 0.5) is 23.7 Å². The summed E-state index contributed by atoms with van der Waals surface area (Å²) in [6.45, 7) is 1.59. The maximum Gasteiger partial charge on any atom is 0.446 e. The van der Waals surface area contributed by atoms with Crippen LogP contribution in [-0.2, 0) is 11.2 Å². The molecule has 1 atom stereocenters. The fraction of sp³-hybridized carbons (Fsp3) is 0.174. The Morgan fingerprint density at radius 1 is 1.06 bits per heavy atom. The van der Waals surface area contributed by atoms with Crippen LogP contribution in [0.15, 0.2) is 78.0 Å². The van der Waals surface area contributed by atoms with Crippen LogP contribution in [0.25, 0.3) is 0 Å². The van der Waals surface area contributed by atoms with Crippen molar-refractivity contribution in [3.63, 3.8) is 0 Å². The highest BCUT2D eigenvalue weighted by Crippen LogP contribution is 2.38. The summed E-state index contributed by atoms with van der Waals surface area (Å²) in [5.74, 6) is 0.516. The number of benzene rings is 2. The van der Waals surface area contributed by atoms with Crippen molar-refractivity contribution >= 4 is 29.4 Å². The Labute approximate surface area is 191 Å². The van der Waals surface area contributed by atoms with Crippen molar-refractivity contribution in [2.75, 3.05) is 4.90 Å². The second-order valence-corrected chi connectivity index (χ2v) is 8.66. The molecule has 6 nitrogen and oxygen atoms in total. The summed E-state index contributed by atoms with van der Waals surface area (Å²) in [6.07, 6.45) is 3.22. The molecule has 1 aromatic heterocycles. The second-order valence-electron chi connectivity index (χ2n) is 7.52. The molecule has 1 saturated heterocycles. The molecular formula is C23H18F3N3O3S. The normalized spacial score (nSPS) is 18.4. The number of nitrogens with one attached hydrogen (secondary N) is 1. The summed E-state index contributed by atoms with van der Waals surface area (Å²) in [4.78, 5) is 30.8. The van der Waals surface area contributed by atoms with E-state index in [1.807, 2.05) is 18.2 Å². The number of urea groups is 1. The topological polar surface area (TPSA) is 71.5 Å². The molecule has 0 bridgehead atoms. The van der Waals surface area contributed by atoms with Crippen molar-refractivity contribution in [3.8, 4) is 11.5 Å². The van der Waals surface area contributed by atoms with Crippen molar-refractivity contribution in [3.05, 3.63) is 78.6 Å². The number of hydrogen-bond acceptors (Lipinski definition) is 5. The van der Waals surface area contributed by atoms with Gasteiger partial charge in [-0.1, -0.05) is 18.2 Å². The van der Waals surface area contributed by atoms with Crippen LogP contribution in [0, 0.1) is 0 Å². The monoisotopic (exact) mass is 473 g/mol. The molecule has 0 radical (unpaired) electrons. The van der Waals surface area contributed by atoms with Crippen LogP contribution in [0.2, 0.25) is 0 Å². The van der Waals surface area contributed by atoms with E-state index in [1.54, 1.807) is 31.3 Å². The lowest BCUT2D eigenvalue weighted by atomic mass is 9.92. The van der Waals surface area contributed by atoms with Gasteiger partial charge in [0.05, 0.1) is 11.9 Å². The molecule has 1 unspecified atom stereocenters. The summed E-state index contributed by atoms with van der Waals surface area (Å²) in [7, 11) is 0. The Hall–Kier alpha value is -3.53. The molecule has 1 fully saturated rings.